The number of hydrogen-bond acceptors (Lipinski definition) is 4. The van der Waals surface area contributed by atoms with Gasteiger partial charge in [-0.05, 0) is 40.7 Å². The van der Waals surface area contributed by atoms with Crippen LogP contribution in [0.5, 0.6) is 0 Å². The molecule has 1 amide bonds. The largest absolute Gasteiger partial charge is 0.448 e. The molecule has 1 rings (SSSR count). The lowest BCUT2D eigenvalue weighted by Gasteiger charge is -2.17. The lowest BCUT2D eigenvalue weighted by molar-refractivity contribution is -0.129. The standard InChI is InChI=1S/C14H23N3O3/c1-8(2)16-13(18)10(5)20-14(19)12-6-11(15)7-17(12)9(3)4/h6-10H,15H2,1-5H3,(H,16,18). The molecule has 1 unspecified atom stereocenters. The van der Waals surface area contributed by atoms with Gasteiger partial charge in [0.1, 0.15) is 5.69 Å². The normalized spacial score (nSPS) is 12.6. The van der Waals surface area contributed by atoms with Gasteiger partial charge in [0.05, 0.1) is 5.69 Å². The maximum atomic E-state index is 12.1. The molecule has 0 aliphatic carbocycles. The molecule has 112 valence electrons. The Morgan fingerprint density at radius 3 is 2.35 bits per heavy atom. The molecule has 6 heteroatoms. The van der Waals surface area contributed by atoms with Crippen molar-refractivity contribution < 1.29 is 14.3 Å². The third-order valence-corrected chi connectivity index (χ3v) is 2.72. The van der Waals surface area contributed by atoms with Crippen molar-refractivity contribution in [1.29, 1.82) is 0 Å². The summed E-state index contributed by atoms with van der Waals surface area (Å²) in [5.41, 5.74) is 6.54. The Morgan fingerprint density at radius 1 is 1.25 bits per heavy atom. The molecular formula is C14H23N3O3. The van der Waals surface area contributed by atoms with Crippen LogP contribution in [0.2, 0.25) is 0 Å². The predicted molar refractivity (Wildman–Crippen MR) is 77.4 cm³/mol. The van der Waals surface area contributed by atoms with Crippen LogP contribution >= 0.6 is 0 Å². The number of anilines is 1. The molecule has 0 spiro atoms. The van der Waals surface area contributed by atoms with Crippen LogP contribution in [0, 0.1) is 0 Å². The number of carbonyl (C=O) groups is 2. The molecule has 0 bridgehead atoms. The Kier molecular flexibility index (Phi) is 5.19. The molecule has 3 N–H and O–H groups in total. The van der Waals surface area contributed by atoms with Crippen molar-refractivity contribution in [3.05, 3.63) is 18.0 Å². The van der Waals surface area contributed by atoms with Crippen molar-refractivity contribution in [3.63, 3.8) is 0 Å². The first-order chi connectivity index (χ1) is 9.22. The summed E-state index contributed by atoms with van der Waals surface area (Å²) < 4.78 is 6.90. The monoisotopic (exact) mass is 281 g/mol. The van der Waals surface area contributed by atoms with Gasteiger partial charge in [0.25, 0.3) is 5.91 Å². The number of carbonyl (C=O) groups excluding carboxylic acids is 2. The van der Waals surface area contributed by atoms with Crippen molar-refractivity contribution >= 4 is 17.6 Å². The second-order valence-corrected chi connectivity index (χ2v) is 5.37. The van der Waals surface area contributed by atoms with E-state index >= 15 is 0 Å². The third kappa shape index (κ3) is 4.01. The molecule has 0 aromatic carbocycles. The van der Waals surface area contributed by atoms with E-state index in [4.69, 9.17) is 10.5 Å². The third-order valence-electron chi connectivity index (χ3n) is 2.72. The molecular weight excluding hydrogens is 258 g/mol. The number of nitrogens with two attached hydrogens (primary N) is 1. The number of rotatable bonds is 5. The molecule has 0 radical (unpaired) electrons. The Morgan fingerprint density at radius 2 is 1.85 bits per heavy atom. The van der Waals surface area contributed by atoms with Gasteiger partial charge in [-0.3, -0.25) is 4.79 Å². The number of aromatic nitrogens is 1. The molecule has 1 aromatic rings. The highest BCUT2D eigenvalue weighted by Gasteiger charge is 2.22. The second-order valence-electron chi connectivity index (χ2n) is 5.37. The average molecular weight is 281 g/mol. The van der Waals surface area contributed by atoms with Gasteiger partial charge in [0, 0.05) is 18.3 Å². The van der Waals surface area contributed by atoms with Crippen molar-refractivity contribution in [2.45, 2.75) is 52.8 Å². The van der Waals surface area contributed by atoms with Gasteiger partial charge in [-0.1, -0.05) is 0 Å². The molecule has 6 nitrogen and oxygen atoms in total. The molecule has 1 atom stereocenters. The first-order valence-electron chi connectivity index (χ1n) is 6.71. The summed E-state index contributed by atoms with van der Waals surface area (Å²) in [6.45, 7) is 9.10. The lowest BCUT2D eigenvalue weighted by Crippen LogP contribution is -2.39. The summed E-state index contributed by atoms with van der Waals surface area (Å²) in [4.78, 5) is 23.8. The van der Waals surface area contributed by atoms with Crippen LogP contribution in [-0.2, 0) is 9.53 Å². The molecule has 1 heterocycles. The van der Waals surface area contributed by atoms with Crippen molar-refractivity contribution in [1.82, 2.24) is 9.88 Å². The van der Waals surface area contributed by atoms with E-state index in [1.54, 1.807) is 23.8 Å². The van der Waals surface area contributed by atoms with Crippen LogP contribution in [0.25, 0.3) is 0 Å². The van der Waals surface area contributed by atoms with Gasteiger partial charge < -0.3 is 20.4 Å². The fourth-order valence-corrected chi connectivity index (χ4v) is 1.77. The molecule has 1 aromatic heterocycles. The second kappa shape index (κ2) is 6.45. The number of nitrogens with one attached hydrogen (secondary N) is 1. The van der Waals surface area contributed by atoms with E-state index in [0.717, 1.165) is 0 Å². The van der Waals surface area contributed by atoms with Gasteiger partial charge >= 0.3 is 5.97 Å². The van der Waals surface area contributed by atoms with E-state index in [1.807, 2.05) is 27.7 Å². The zero-order valence-corrected chi connectivity index (χ0v) is 12.6. The molecule has 20 heavy (non-hydrogen) atoms. The predicted octanol–water partition coefficient (Wildman–Crippen LogP) is 1.72. The minimum absolute atomic E-state index is 0.00109. The Hall–Kier alpha value is -1.98. The average Bonchev–Trinajstić information content (AvgIpc) is 2.70. The maximum absolute atomic E-state index is 12.1. The molecule has 0 aliphatic rings. The Balaban J connectivity index is 2.79. The molecule has 0 saturated carbocycles. The smallest absolute Gasteiger partial charge is 0.355 e. The number of amides is 1. The number of nitrogens with zero attached hydrogens (tertiary/aromatic N) is 1. The van der Waals surface area contributed by atoms with Crippen molar-refractivity contribution in [2.24, 2.45) is 0 Å². The van der Waals surface area contributed by atoms with E-state index in [-0.39, 0.29) is 18.0 Å². The topological polar surface area (TPSA) is 86.3 Å². The van der Waals surface area contributed by atoms with Crippen LogP contribution in [0.4, 0.5) is 5.69 Å². The highest BCUT2D eigenvalue weighted by Crippen LogP contribution is 2.17. The van der Waals surface area contributed by atoms with Gasteiger partial charge in [0.2, 0.25) is 0 Å². The van der Waals surface area contributed by atoms with Crippen LogP contribution < -0.4 is 11.1 Å². The minimum Gasteiger partial charge on any atom is -0.448 e. The Bertz CT molecular complexity index is 492. The summed E-state index contributed by atoms with van der Waals surface area (Å²) in [5, 5.41) is 2.69. The zero-order chi connectivity index (χ0) is 15.4. The SMILES string of the molecule is CC(C)NC(=O)C(C)OC(=O)c1cc(N)cn1C(C)C. The van der Waals surface area contributed by atoms with Crippen LogP contribution in [-0.4, -0.2) is 28.6 Å². The molecule has 0 aliphatic heterocycles. The van der Waals surface area contributed by atoms with Crippen molar-refractivity contribution in [2.75, 3.05) is 5.73 Å². The lowest BCUT2D eigenvalue weighted by atomic mass is 10.3. The van der Waals surface area contributed by atoms with Gasteiger partial charge in [0.15, 0.2) is 6.10 Å². The summed E-state index contributed by atoms with van der Waals surface area (Å²) in [6.07, 6.45) is 0.835. The first kappa shape index (κ1) is 16.1. The van der Waals surface area contributed by atoms with E-state index in [1.165, 1.54) is 0 Å². The minimum atomic E-state index is -0.846. The highest BCUT2D eigenvalue weighted by molar-refractivity contribution is 5.92. The van der Waals surface area contributed by atoms with E-state index in [9.17, 15) is 9.59 Å². The summed E-state index contributed by atoms with van der Waals surface area (Å²) in [7, 11) is 0. The molecule has 0 saturated heterocycles. The van der Waals surface area contributed by atoms with Gasteiger partial charge in [-0.15, -0.1) is 0 Å². The zero-order valence-electron chi connectivity index (χ0n) is 12.6. The van der Waals surface area contributed by atoms with Crippen molar-refractivity contribution in [3.8, 4) is 0 Å². The molecule has 0 fully saturated rings. The fraction of sp³-hybridized carbons (Fsp3) is 0.571. The number of ether oxygens (including phenoxy) is 1. The van der Waals surface area contributed by atoms with Gasteiger partial charge in [-0.2, -0.15) is 0 Å². The number of hydrogen-bond donors (Lipinski definition) is 2. The summed E-state index contributed by atoms with van der Waals surface area (Å²) in [6, 6.07) is 1.63. The van der Waals surface area contributed by atoms with E-state index < -0.39 is 12.1 Å². The summed E-state index contributed by atoms with van der Waals surface area (Å²) >= 11 is 0. The fourth-order valence-electron chi connectivity index (χ4n) is 1.77. The maximum Gasteiger partial charge on any atom is 0.355 e. The summed E-state index contributed by atoms with van der Waals surface area (Å²) in [5.74, 6) is -0.870. The van der Waals surface area contributed by atoms with E-state index in [0.29, 0.717) is 11.4 Å². The quantitative estimate of drug-likeness (QED) is 0.805. The van der Waals surface area contributed by atoms with Crippen LogP contribution in [0.1, 0.15) is 51.1 Å². The highest BCUT2D eigenvalue weighted by atomic mass is 16.5. The van der Waals surface area contributed by atoms with Crippen LogP contribution in [0.3, 0.4) is 0 Å². The number of nitrogen functional groups attached to an aromatic ring is 1. The Labute approximate surface area is 119 Å². The number of esters is 1. The van der Waals surface area contributed by atoms with Crippen LogP contribution in [0.15, 0.2) is 12.3 Å². The van der Waals surface area contributed by atoms with E-state index in [2.05, 4.69) is 5.32 Å². The van der Waals surface area contributed by atoms with Gasteiger partial charge in [-0.25, -0.2) is 4.79 Å². The first-order valence-corrected chi connectivity index (χ1v) is 6.71.